The topological polar surface area (TPSA) is 82.4 Å². The molecule has 4 aromatic rings. The molecular weight excluding hydrogens is 426 g/mol. The quantitative estimate of drug-likeness (QED) is 0.420. The Morgan fingerprint density at radius 2 is 1.84 bits per heavy atom. The average molecular weight is 450 g/mol. The van der Waals surface area contributed by atoms with Gasteiger partial charge in [0.2, 0.25) is 0 Å². The molecule has 0 aliphatic heterocycles. The molecule has 0 N–H and O–H groups in total. The van der Waals surface area contributed by atoms with Crippen LogP contribution in [0.1, 0.15) is 29.0 Å². The molecule has 32 heavy (non-hydrogen) atoms. The van der Waals surface area contributed by atoms with Gasteiger partial charge in [0, 0.05) is 18.0 Å². The third kappa shape index (κ3) is 4.19. The van der Waals surface area contributed by atoms with E-state index >= 15 is 0 Å². The largest absolute Gasteiger partial charge is 0.493 e. The Kier molecular flexibility index (Phi) is 6.18. The maximum absolute atomic E-state index is 13.1. The van der Waals surface area contributed by atoms with Gasteiger partial charge in [0.1, 0.15) is 23.4 Å². The first kappa shape index (κ1) is 21.5. The van der Waals surface area contributed by atoms with Crippen LogP contribution in [0.5, 0.6) is 11.5 Å². The van der Waals surface area contributed by atoms with Gasteiger partial charge in [0.05, 0.1) is 25.9 Å². The number of ether oxygens (including phenoxy) is 2. The van der Waals surface area contributed by atoms with Crippen molar-refractivity contribution in [1.29, 1.82) is 0 Å². The summed E-state index contributed by atoms with van der Waals surface area (Å²) in [7, 11) is 4.97. The minimum atomic E-state index is -0.138. The third-order valence-electron chi connectivity index (χ3n) is 5.31. The SMILES string of the molecule is COc1ccc(-c2nc(C(=O)N(C)C(C)c3ccc(-n4cncn4)cc3)cs2)cc1OC. The molecule has 1 amide bonds. The van der Waals surface area contributed by atoms with Crippen molar-refractivity contribution in [3.05, 3.63) is 71.8 Å². The molecule has 8 nitrogen and oxygen atoms in total. The number of rotatable bonds is 7. The fourth-order valence-electron chi connectivity index (χ4n) is 3.30. The highest BCUT2D eigenvalue weighted by molar-refractivity contribution is 7.13. The predicted octanol–water partition coefficient (Wildman–Crippen LogP) is 4.24. The molecule has 0 bridgehead atoms. The van der Waals surface area contributed by atoms with Gasteiger partial charge in [-0.1, -0.05) is 12.1 Å². The Hall–Kier alpha value is -3.72. The van der Waals surface area contributed by atoms with Crippen LogP contribution in [0.2, 0.25) is 0 Å². The zero-order valence-corrected chi connectivity index (χ0v) is 19.0. The summed E-state index contributed by atoms with van der Waals surface area (Å²) in [6, 6.07) is 13.3. The molecule has 2 aromatic carbocycles. The van der Waals surface area contributed by atoms with E-state index < -0.39 is 0 Å². The first-order valence-electron chi connectivity index (χ1n) is 9.92. The van der Waals surface area contributed by atoms with E-state index in [-0.39, 0.29) is 11.9 Å². The number of thiazole rings is 1. The normalized spacial score (nSPS) is 11.8. The van der Waals surface area contributed by atoms with Crippen LogP contribution in [0.25, 0.3) is 16.3 Å². The molecule has 1 unspecified atom stereocenters. The summed E-state index contributed by atoms with van der Waals surface area (Å²) in [5, 5.41) is 6.66. The standard InChI is InChI=1S/C23H23N5O3S/c1-15(16-5-8-18(9-6-16)28-14-24-13-25-28)27(2)23(29)19-12-32-22(26-19)17-7-10-20(30-3)21(11-17)31-4/h5-15H,1-4H3. The lowest BCUT2D eigenvalue weighted by Crippen LogP contribution is -2.29. The van der Waals surface area contributed by atoms with Gasteiger partial charge in [-0.15, -0.1) is 11.3 Å². The number of methoxy groups -OCH3 is 2. The van der Waals surface area contributed by atoms with Gasteiger partial charge in [-0.2, -0.15) is 5.10 Å². The number of carbonyl (C=O) groups is 1. The number of benzene rings is 2. The van der Waals surface area contributed by atoms with Crippen molar-refractivity contribution >= 4 is 17.2 Å². The maximum atomic E-state index is 13.1. The van der Waals surface area contributed by atoms with Gasteiger partial charge < -0.3 is 14.4 Å². The summed E-state index contributed by atoms with van der Waals surface area (Å²) in [4.78, 5) is 23.3. The van der Waals surface area contributed by atoms with Crippen molar-refractivity contribution in [2.75, 3.05) is 21.3 Å². The van der Waals surface area contributed by atoms with E-state index in [1.807, 2.05) is 49.4 Å². The third-order valence-corrected chi connectivity index (χ3v) is 6.21. The maximum Gasteiger partial charge on any atom is 0.273 e. The molecule has 0 saturated carbocycles. The van der Waals surface area contributed by atoms with E-state index in [9.17, 15) is 4.79 Å². The average Bonchev–Trinajstić information content (AvgIpc) is 3.55. The Balaban J connectivity index is 1.50. The number of amides is 1. The van der Waals surface area contributed by atoms with Gasteiger partial charge in [-0.25, -0.2) is 14.6 Å². The fourth-order valence-corrected chi connectivity index (χ4v) is 4.09. The van der Waals surface area contributed by atoms with Crippen LogP contribution in [0.4, 0.5) is 0 Å². The van der Waals surface area contributed by atoms with Crippen molar-refractivity contribution in [2.45, 2.75) is 13.0 Å². The summed E-state index contributed by atoms with van der Waals surface area (Å²) in [5.74, 6) is 1.13. The van der Waals surface area contributed by atoms with Crippen LogP contribution in [0.15, 0.2) is 60.5 Å². The summed E-state index contributed by atoms with van der Waals surface area (Å²) in [6.07, 6.45) is 3.14. The Morgan fingerprint density at radius 1 is 1.09 bits per heavy atom. The molecule has 9 heteroatoms. The molecule has 2 aromatic heterocycles. The molecule has 0 fully saturated rings. The molecule has 2 heterocycles. The van der Waals surface area contributed by atoms with Crippen molar-refractivity contribution in [3.63, 3.8) is 0 Å². The summed E-state index contributed by atoms with van der Waals surface area (Å²) >= 11 is 1.42. The number of hydrogen-bond donors (Lipinski definition) is 0. The van der Waals surface area contributed by atoms with Crippen molar-refractivity contribution in [2.24, 2.45) is 0 Å². The second-order valence-electron chi connectivity index (χ2n) is 7.13. The number of hydrogen-bond acceptors (Lipinski definition) is 7. The zero-order chi connectivity index (χ0) is 22.7. The molecule has 0 aliphatic rings. The highest BCUT2D eigenvalue weighted by Crippen LogP contribution is 2.34. The predicted molar refractivity (Wildman–Crippen MR) is 123 cm³/mol. The van der Waals surface area contributed by atoms with Gasteiger partial charge >= 0.3 is 0 Å². The number of nitrogens with zero attached hydrogens (tertiary/aromatic N) is 5. The highest BCUT2D eigenvalue weighted by atomic mass is 32.1. The van der Waals surface area contributed by atoms with E-state index in [4.69, 9.17) is 9.47 Å². The molecule has 4 rings (SSSR count). The lowest BCUT2D eigenvalue weighted by atomic mass is 10.1. The Labute approximate surface area is 190 Å². The minimum absolute atomic E-state index is 0.126. The van der Waals surface area contributed by atoms with Gasteiger partial charge in [0.15, 0.2) is 11.5 Å². The molecule has 1 atom stereocenters. The number of carbonyl (C=O) groups excluding carboxylic acids is 1. The van der Waals surface area contributed by atoms with E-state index in [0.29, 0.717) is 17.2 Å². The monoisotopic (exact) mass is 449 g/mol. The first-order valence-corrected chi connectivity index (χ1v) is 10.8. The van der Waals surface area contributed by atoms with E-state index in [2.05, 4.69) is 15.1 Å². The van der Waals surface area contributed by atoms with Crippen molar-refractivity contribution in [1.82, 2.24) is 24.6 Å². The Bertz CT molecular complexity index is 1200. The summed E-state index contributed by atoms with van der Waals surface area (Å²) < 4.78 is 12.3. The van der Waals surface area contributed by atoms with E-state index in [1.165, 1.54) is 17.7 Å². The van der Waals surface area contributed by atoms with Crippen LogP contribution in [0, 0.1) is 0 Å². The lowest BCUT2D eigenvalue weighted by molar-refractivity contribution is 0.0737. The summed E-state index contributed by atoms with van der Waals surface area (Å²) in [5.41, 5.74) is 3.20. The second kappa shape index (κ2) is 9.19. The smallest absolute Gasteiger partial charge is 0.273 e. The van der Waals surface area contributed by atoms with Crippen molar-refractivity contribution < 1.29 is 14.3 Å². The summed E-state index contributed by atoms with van der Waals surface area (Å²) in [6.45, 7) is 1.99. The second-order valence-corrected chi connectivity index (χ2v) is 7.99. The first-order chi connectivity index (χ1) is 15.5. The van der Waals surface area contributed by atoms with E-state index in [0.717, 1.165) is 21.8 Å². The van der Waals surface area contributed by atoms with Crippen LogP contribution in [-0.4, -0.2) is 51.8 Å². The minimum Gasteiger partial charge on any atom is -0.493 e. The van der Waals surface area contributed by atoms with Crippen LogP contribution >= 0.6 is 11.3 Å². The van der Waals surface area contributed by atoms with Gasteiger partial charge in [0.25, 0.3) is 5.91 Å². The van der Waals surface area contributed by atoms with Gasteiger partial charge in [-0.05, 0) is 42.8 Å². The molecule has 0 aliphatic carbocycles. The molecule has 0 saturated heterocycles. The number of aromatic nitrogens is 4. The van der Waals surface area contributed by atoms with Crippen LogP contribution < -0.4 is 9.47 Å². The molecule has 164 valence electrons. The lowest BCUT2D eigenvalue weighted by Gasteiger charge is -2.24. The van der Waals surface area contributed by atoms with E-state index in [1.54, 1.807) is 42.6 Å². The van der Waals surface area contributed by atoms with Crippen LogP contribution in [-0.2, 0) is 0 Å². The fraction of sp³-hybridized carbons (Fsp3) is 0.217. The van der Waals surface area contributed by atoms with Crippen LogP contribution in [0.3, 0.4) is 0 Å². The zero-order valence-electron chi connectivity index (χ0n) is 18.2. The van der Waals surface area contributed by atoms with Gasteiger partial charge in [-0.3, -0.25) is 4.79 Å². The molecule has 0 spiro atoms. The van der Waals surface area contributed by atoms with Crippen molar-refractivity contribution in [3.8, 4) is 27.8 Å². The highest BCUT2D eigenvalue weighted by Gasteiger charge is 2.22. The molecular formula is C23H23N5O3S. The molecule has 0 radical (unpaired) electrons. The Morgan fingerprint density at radius 3 is 2.50 bits per heavy atom.